The Kier molecular flexibility index (Phi) is 4.57. The van der Waals surface area contributed by atoms with Gasteiger partial charge in [0.1, 0.15) is 12.5 Å². The van der Waals surface area contributed by atoms with E-state index in [1.807, 2.05) is 30.3 Å². The fourth-order valence-corrected chi connectivity index (χ4v) is 4.85. The first-order valence-electron chi connectivity index (χ1n) is 9.33. The lowest BCUT2D eigenvalue weighted by atomic mass is 9.70. The highest BCUT2D eigenvalue weighted by atomic mass is 16.5. The van der Waals surface area contributed by atoms with Crippen LogP contribution in [0.4, 0.5) is 0 Å². The molecule has 0 radical (unpaired) electrons. The maximum Gasteiger partial charge on any atom is 0.142 e. The summed E-state index contributed by atoms with van der Waals surface area (Å²) in [6, 6.07) is 21.5. The van der Waals surface area contributed by atoms with E-state index in [2.05, 4.69) is 35.2 Å². The average molecular weight is 321 g/mol. The Morgan fingerprint density at radius 2 is 1.62 bits per heavy atom. The third-order valence-corrected chi connectivity index (χ3v) is 6.04. The second-order valence-corrected chi connectivity index (χ2v) is 7.38. The molecule has 1 aliphatic carbocycles. The van der Waals surface area contributed by atoms with Crippen LogP contribution in [0.3, 0.4) is 0 Å². The van der Waals surface area contributed by atoms with E-state index in [1.165, 1.54) is 38.6 Å². The van der Waals surface area contributed by atoms with Crippen molar-refractivity contribution in [2.45, 2.75) is 37.5 Å². The zero-order valence-corrected chi connectivity index (χ0v) is 14.4. The number of rotatable bonds is 4. The molecule has 4 rings (SSSR count). The number of hydrogen-bond acceptors (Lipinski definition) is 2. The number of para-hydroxylation sites is 1. The van der Waals surface area contributed by atoms with Crippen LogP contribution in [0.25, 0.3) is 0 Å². The highest BCUT2D eigenvalue weighted by molar-refractivity contribution is 5.28. The molecule has 1 aliphatic heterocycles. The number of benzene rings is 2. The normalized spacial score (nSPS) is 27.4. The molecular formula is C22H27NO. The molecule has 0 aromatic heterocycles. The highest BCUT2D eigenvalue weighted by Gasteiger charge is 2.45. The van der Waals surface area contributed by atoms with Crippen molar-refractivity contribution in [1.29, 1.82) is 0 Å². The van der Waals surface area contributed by atoms with Gasteiger partial charge in [0, 0.05) is 13.1 Å². The molecule has 1 saturated carbocycles. The Hall–Kier alpha value is -1.80. The molecule has 2 fully saturated rings. The Bertz CT molecular complexity index is 642. The third kappa shape index (κ3) is 3.08. The van der Waals surface area contributed by atoms with Crippen LogP contribution in [0.2, 0.25) is 0 Å². The van der Waals surface area contributed by atoms with E-state index in [0.29, 0.717) is 12.1 Å². The van der Waals surface area contributed by atoms with Gasteiger partial charge in [0.25, 0.3) is 0 Å². The minimum Gasteiger partial charge on any atom is -0.478 e. The molecule has 0 bridgehead atoms. The van der Waals surface area contributed by atoms with Crippen molar-refractivity contribution in [2.24, 2.45) is 5.92 Å². The van der Waals surface area contributed by atoms with Gasteiger partial charge in [-0.1, -0.05) is 55.0 Å². The van der Waals surface area contributed by atoms with E-state index in [4.69, 9.17) is 4.74 Å². The van der Waals surface area contributed by atoms with Crippen LogP contribution in [0.5, 0.6) is 5.75 Å². The average Bonchev–Trinajstić information content (AvgIpc) is 2.96. The van der Waals surface area contributed by atoms with Gasteiger partial charge in [-0.05, 0) is 54.7 Å². The van der Waals surface area contributed by atoms with Crippen LogP contribution in [0.15, 0.2) is 60.7 Å². The molecule has 2 aliphatic rings. The zero-order chi connectivity index (χ0) is 16.2. The number of ether oxygens (including phenoxy) is 1. The standard InChI is InChI=1S/C22H27NO/c1-3-9-19(10-4-1)22-14-7-11-20(22)17-23(16-8-15-22)18-24-21-12-5-2-6-13-21/h1-6,9-10,12-13,20H,7-8,11,14-18H2. The fourth-order valence-electron chi connectivity index (χ4n) is 4.85. The first-order chi connectivity index (χ1) is 11.9. The molecule has 2 aromatic carbocycles. The highest BCUT2D eigenvalue weighted by Crippen LogP contribution is 2.50. The van der Waals surface area contributed by atoms with Gasteiger partial charge in [0.2, 0.25) is 0 Å². The van der Waals surface area contributed by atoms with Crippen molar-refractivity contribution in [3.05, 3.63) is 66.2 Å². The van der Waals surface area contributed by atoms with Crippen LogP contribution < -0.4 is 4.74 Å². The summed E-state index contributed by atoms with van der Waals surface area (Å²) in [6.45, 7) is 3.03. The van der Waals surface area contributed by atoms with Gasteiger partial charge in [0.05, 0.1) is 0 Å². The Labute approximate surface area is 145 Å². The molecule has 0 N–H and O–H groups in total. The monoisotopic (exact) mass is 321 g/mol. The first kappa shape index (κ1) is 15.7. The van der Waals surface area contributed by atoms with Crippen molar-refractivity contribution in [1.82, 2.24) is 4.90 Å². The lowest BCUT2D eigenvalue weighted by molar-refractivity contribution is 0.111. The molecule has 2 atom stereocenters. The maximum atomic E-state index is 6.01. The maximum absolute atomic E-state index is 6.01. The van der Waals surface area contributed by atoms with Crippen molar-refractivity contribution >= 4 is 0 Å². The molecule has 24 heavy (non-hydrogen) atoms. The van der Waals surface area contributed by atoms with Crippen LogP contribution in [-0.4, -0.2) is 24.7 Å². The summed E-state index contributed by atoms with van der Waals surface area (Å²) in [4.78, 5) is 2.52. The summed E-state index contributed by atoms with van der Waals surface area (Å²) < 4.78 is 6.01. The predicted octanol–water partition coefficient (Wildman–Crippen LogP) is 4.86. The van der Waals surface area contributed by atoms with Crippen molar-refractivity contribution in [3.8, 4) is 5.75 Å². The molecule has 2 unspecified atom stereocenters. The van der Waals surface area contributed by atoms with Gasteiger partial charge in [-0.3, -0.25) is 4.90 Å². The first-order valence-corrected chi connectivity index (χ1v) is 9.33. The van der Waals surface area contributed by atoms with E-state index in [0.717, 1.165) is 18.2 Å². The third-order valence-electron chi connectivity index (χ3n) is 6.04. The summed E-state index contributed by atoms with van der Waals surface area (Å²) in [5.74, 6) is 1.74. The zero-order valence-electron chi connectivity index (χ0n) is 14.4. The van der Waals surface area contributed by atoms with Crippen molar-refractivity contribution in [3.63, 3.8) is 0 Å². The lowest BCUT2D eigenvalue weighted by Gasteiger charge is -2.35. The summed E-state index contributed by atoms with van der Waals surface area (Å²) >= 11 is 0. The molecule has 1 heterocycles. The topological polar surface area (TPSA) is 12.5 Å². The van der Waals surface area contributed by atoms with Gasteiger partial charge >= 0.3 is 0 Å². The van der Waals surface area contributed by atoms with Crippen LogP contribution >= 0.6 is 0 Å². The lowest BCUT2D eigenvalue weighted by Crippen LogP contribution is -2.37. The smallest absolute Gasteiger partial charge is 0.142 e. The van der Waals surface area contributed by atoms with E-state index < -0.39 is 0 Å². The Morgan fingerprint density at radius 3 is 2.42 bits per heavy atom. The fraction of sp³-hybridized carbons (Fsp3) is 0.455. The predicted molar refractivity (Wildman–Crippen MR) is 98.2 cm³/mol. The van der Waals surface area contributed by atoms with E-state index in [1.54, 1.807) is 5.56 Å². The molecule has 2 nitrogen and oxygen atoms in total. The van der Waals surface area contributed by atoms with Gasteiger partial charge < -0.3 is 4.74 Å². The van der Waals surface area contributed by atoms with Crippen LogP contribution in [0, 0.1) is 5.92 Å². The largest absolute Gasteiger partial charge is 0.478 e. The molecule has 0 spiro atoms. The van der Waals surface area contributed by atoms with Crippen molar-refractivity contribution < 1.29 is 4.74 Å². The quantitative estimate of drug-likeness (QED) is 0.797. The van der Waals surface area contributed by atoms with Gasteiger partial charge in [-0.15, -0.1) is 0 Å². The van der Waals surface area contributed by atoms with Crippen LogP contribution in [-0.2, 0) is 5.41 Å². The Balaban J connectivity index is 1.47. The Morgan fingerprint density at radius 1 is 0.917 bits per heavy atom. The minimum absolute atomic E-state index is 0.406. The van der Waals surface area contributed by atoms with Crippen LogP contribution in [0.1, 0.15) is 37.7 Å². The molecule has 2 aromatic rings. The molecule has 1 saturated heterocycles. The van der Waals surface area contributed by atoms with Gasteiger partial charge in [0.15, 0.2) is 0 Å². The molecule has 0 amide bonds. The number of nitrogens with zero attached hydrogens (tertiary/aromatic N) is 1. The number of likely N-dealkylation sites (tertiary alicyclic amines) is 1. The van der Waals surface area contributed by atoms with E-state index in [-0.39, 0.29) is 0 Å². The second-order valence-electron chi connectivity index (χ2n) is 7.38. The molecular weight excluding hydrogens is 294 g/mol. The van der Waals surface area contributed by atoms with Gasteiger partial charge in [-0.2, -0.15) is 0 Å². The summed E-state index contributed by atoms with van der Waals surface area (Å²) in [6.07, 6.45) is 6.67. The minimum atomic E-state index is 0.406. The van der Waals surface area contributed by atoms with E-state index >= 15 is 0 Å². The number of hydrogen-bond donors (Lipinski definition) is 0. The number of fused-ring (bicyclic) bond motifs is 1. The van der Waals surface area contributed by atoms with E-state index in [9.17, 15) is 0 Å². The summed E-state index contributed by atoms with van der Waals surface area (Å²) in [5.41, 5.74) is 1.97. The second kappa shape index (κ2) is 6.98. The summed E-state index contributed by atoms with van der Waals surface area (Å²) in [5, 5.41) is 0. The molecule has 2 heteroatoms. The summed E-state index contributed by atoms with van der Waals surface area (Å²) in [7, 11) is 0. The molecule has 126 valence electrons. The van der Waals surface area contributed by atoms with Crippen molar-refractivity contribution in [2.75, 3.05) is 19.8 Å². The van der Waals surface area contributed by atoms with Gasteiger partial charge in [-0.25, -0.2) is 0 Å². The SMILES string of the molecule is c1ccc(OCN2CCCC3(c4ccccc4)CCCC3C2)cc1.